The van der Waals surface area contributed by atoms with E-state index in [1.807, 2.05) is 0 Å². The zero-order valence-corrected chi connectivity index (χ0v) is 11.5. The molecule has 0 radical (unpaired) electrons. The lowest BCUT2D eigenvalue weighted by Gasteiger charge is -2.36. The first-order valence-corrected chi connectivity index (χ1v) is 7.28. The summed E-state index contributed by atoms with van der Waals surface area (Å²) in [7, 11) is 0. The highest BCUT2D eigenvalue weighted by molar-refractivity contribution is 5.32. The van der Waals surface area contributed by atoms with Crippen molar-refractivity contribution in [3.63, 3.8) is 0 Å². The van der Waals surface area contributed by atoms with Crippen molar-refractivity contribution in [2.24, 2.45) is 5.73 Å². The van der Waals surface area contributed by atoms with Crippen LogP contribution in [-0.4, -0.2) is 47.0 Å². The van der Waals surface area contributed by atoms with Gasteiger partial charge >= 0.3 is 0 Å². The Bertz CT molecular complexity index is 415. The molecule has 6 heteroatoms. The molecule has 2 aliphatic heterocycles. The number of H-pyrrole nitrogens is 1. The average Bonchev–Trinajstić information content (AvgIpc) is 2.92. The van der Waals surface area contributed by atoms with Gasteiger partial charge in [-0.1, -0.05) is 0 Å². The maximum atomic E-state index is 6.13. The molecule has 2 saturated heterocycles. The second-order valence-electron chi connectivity index (χ2n) is 5.67. The number of hydrogen-bond acceptors (Lipinski definition) is 5. The fourth-order valence-electron chi connectivity index (χ4n) is 2.99. The van der Waals surface area contributed by atoms with Crippen LogP contribution in [0.3, 0.4) is 0 Å². The Morgan fingerprint density at radius 2 is 2.26 bits per heavy atom. The Hall–Kier alpha value is -1.14. The average molecular weight is 265 g/mol. The molecule has 3 unspecified atom stereocenters. The van der Waals surface area contributed by atoms with Crippen molar-refractivity contribution < 1.29 is 4.74 Å². The van der Waals surface area contributed by atoms with Gasteiger partial charge in [0.1, 0.15) is 5.82 Å². The number of aromatic nitrogens is 3. The second-order valence-corrected chi connectivity index (χ2v) is 5.67. The summed E-state index contributed by atoms with van der Waals surface area (Å²) in [6, 6.07) is 0.522. The molecular weight excluding hydrogens is 242 g/mol. The standard InChI is InChI=1S/C13H23N5O/c1-9-11(14)5-2-6-18(9)13-15-12(16-17-13)10-4-3-7-19-8-10/h9-11H,2-8,14H2,1H3,(H,15,16,17). The van der Waals surface area contributed by atoms with E-state index in [9.17, 15) is 0 Å². The number of anilines is 1. The molecule has 106 valence electrons. The van der Waals surface area contributed by atoms with Crippen molar-refractivity contribution in [2.75, 3.05) is 24.7 Å². The van der Waals surface area contributed by atoms with Gasteiger partial charge in [-0.3, -0.25) is 5.10 Å². The van der Waals surface area contributed by atoms with E-state index in [-0.39, 0.29) is 6.04 Å². The maximum absolute atomic E-state index is 6.13. The number of rotatable bonds is 2. The van der Waals surface area contributed by atoms with Gasteiger partial charge in [0.2, 0.25) is 5.95 Å². The summed E-state index contributed by atoms with van der Waals surface area (Å²) in [6.07, 6.45) is 4.43. The Kier molecular flexibility index (Phi) is 3.70. The molecule has 1 aromatic heterocycles. The number of hydrogen-bond donors (Lipinski definition) is 2. The van der Waals surface area contributed by atoms with Crippen molar-refractivity contribution >= 4 is 5.95 Å². The number of nitrogens with zero attached hydrogens (tertiary/aromatic N) is 3. The van der Waals surface area contributed by atoms with E-state index in [4.69, 9.17) is 10.5 Å². The Morgan fingerprint density at radius 1 is 1.37 bits per heavy atom. The molecule has 3 heterocycles. The first-order valence-electron chi connectivity index (χ1n) is 7.28. The maximum Gasteiger partial charge on any atom is 0.245 e. The highest BCUT2D eigenvalue weighted by Gasteiger charge is 2.28. The topological polar surface area (TPSA) is 80.1 Å². The quantitative estimate of drug-likeness (QED) is 0.834. The van der Waals surface area contributed by atoms with Gasteiger partial charge in [-0.2, -0.15) is 4.98 Å². The number of aromatic amines is 1. The lowest BCUT2D eigenvalue weighted by Crippen LogP contribution is -2.51. The van der Waals surface area contributed by atoms with E-state index in [1.165, 1.54) is 0 Å². The van der Waals surface area contributed by atoms with Crippen LogP contribution in [0, 0.1) is 0 Å². The van der Waals surface area contributed by atoms with Gasteiger partial charge in [0.25, 0.3) is 0 Å². The molecule has 6 nitrogen and oxygen atoms in total. The van der Waals surface area contributed by atoms with Gasteiger partial charge in [0, 0.05) is 31.2 Å². The number of nitrogens with one attached hydrogen (secondary N) is 1. The van der Waals surface area contributed by atoms with E-state index in [2.05, 4.69) is 27.0 Å². The van der Waals surface area contributed by atoms with Crippen molar-refractivity contribution in [3.8, 4) is 0 Å². The smallest absolute Gasteiger partial charge is 0.245 e. The molecule has 0 aromatic carbocycles. The number of nitrogens with two attached hydrogens (primary N) is 1. The third-order valence-corrected chi connectivity index (χ3v) is 4.34. The predicted molar refractivity (Wildman–Crippen MR) is 73.2 cm³/mol. The van der Waals surface area contributed by atoms with Gasteiger partial charge in [-0.15, -0.1) is 5.10 Å². The summed E-state index contributed by atoms with van der Waals surface area (Å²) in [6.45, 7) is 4.77. The highest BCUT2D eigenvalue weighted by Crippen LogP contribution is 2.26. The fraction of sp³-hybridized carbons (Fsp3) is 0.846. The summed E-state index contributed by atoms with van der Waals surface area (Å²) in [5.74, 6) is 2.12. The van der Waals surface area contributed by atoms with Crippen LogP contribution >= 0.6 is 0 Å². The molecule has 0 saturated carbocycles. The lowest BCUT2D eigenvalue weighted by molar-refractivity contribution is 0.0781. The molecule has 0 bridgehead atoms. The van der Waals surface area contributed by atoms with E-state index in [1.54, 1.807) is 0 Å². The third-order valence-electron chi connectivity index (χ3n) is 4.34. The van der Waals surface area contributed by atoms with Gasteiger partial charge in [0.15, 0.2) is 0 Å². The Labute approximate surface area is 113 Å². The Morgan fingerprint density at radius 3 is 3.05 bits per heavy atom. The molecule has 3 rings (SSSR count). The van der Waals surface area contributed by atoms with Crippen LogP contribution in [0.5, 0.6) is 0 Å². The van der Waals surface area contributed by atoms with Crippen molar-refractivity contribution in [1.29, 1.82) is 0 Å². The molecule has 19 heavy (non-hydrogen) atoms. The van der Waals surface area contributed by atoms with Gasteiger partial charge < -0.3 is 15.4 Å². The minimum atomic E-state index is 0.216. The van der Waals surface area contributed by atoms with Gasteiger partial charge in [-0.05, 0) is 32.6 Å². The first kappa shape index (κ1) is 12.9. The van der Waals surface area contributed by atoms with E-state index in [0.717, 1.165) is 57.2 Å². The molecule has 0 spiro atoms. The minimum absolute atomic E-state index is 0.216. The largest absolute Gasteiger partial charge is 0.381 e. The SMILES string of the molecule is CC1C(N)CCCN1c1n[nH]c(C2CCCOC2)n1. The fourth-order valence-corrected chi connectivity index (χ4v) is 2.99. The molecule has 2 fully saturated rings. The zero-order chi connectivity index (χ0) is 13.2. The van der Waals surface area contributed by atoms with E-state index >= 15 is 0 Å². The van der Waals surface area contributed by atoms with Crippen LogP contribution in [-0.2, 0) is 4.74 Å². The molecule has 1 aromatic rings. The molecular formula is C13H23N5O. The van der Waals surface area contributed by atoms with Crippen LogP contribution in [0.15, 0.2) is 0 Å². The van der Waals surface area contributed by atoms with E-state index < -0.39 is 0 Å². The normalized spacial score (nSPS) is 32.5. The Balaban J connectivity index is 1.73. The predicted octanol–water partition coefficient (Wildman–Crippen LogP) is 1.01. The summed E-state index contributed by atoms with van der Waals surface area (Å²) in [4.78, 5) is 6.89. The summed E-state index contributed by atoms with van der Waals surface area (Å²) >= 11 is 0. The van der Waals surface area contributed by atoms with Crippen LogP contribution in [0.1, 0.15) is 44.3 Å². The molecule has 3 N–H and O–H groups in total. The van der Waals surface area contributed by atoms with Gasteiger partial charge in [0.05, 0.1) is 6.61 Å². The molecule has 2 aliphatic rings. The molecule has 0 aliphatic carbocycles. The second kappa shape index (κ2) is 5.46. The highest BCUT2D eigenvalue weighted by atomic mass is 16.5. The molecule has 0 amide bonds. The summed E-state index contributed by atoms with van der Waals surface area (Å²) in [5.41, 5.74) is 6.13. The van der Waals surface area contributed by atoms with E-state index in [0.29, 0.717) is 12.0 Å². The minimum Gasteiger partial charge on any atom is -0.381 e. The van der Waals surface area contributed by atoms with Crippen molar-refractivity contribution in [2.45, 2.75) is 50.6 Å². The van der Waals surface area contributed by atoms with Crippen LogP contribution in [0.4, 0.5) is 5.95 Å². The monoisotopic (exact) mass is 265 g/mol. The van der Waals surface area contributed by atoms with Crippen LogP contribution in [0.2, 0.25) is 0 Å². The van der Waals surface area contributed by atoms with Crippen molar-refractivity contribution in [1.82, 2.24) is 15.2 Å². The number of ether oxygens (including phenoxy) is 1. The third kappa shape index (κ3) is 2.60. The number of piperidine rings is 1. The van der Waals surface area contributed by atoms with Gasteiger partial charge in [-0.25, -0.2) is 0 Å². The van der Waals surface area contributed by atoms with Crippen LogP contribution in [0.25, 0.3) is 0 Å². The molecule has 3 atom stereocenters. The first-order chi connectivity index (χ1) is 9.25. The zero-order valence-electron chi connectivity index (χ0n) is 11.5. The lowest BCUT2D eigenvalue weighted by atomic mass is 9.99. The van der Waals surface area contributed by atoms with Crippen LogP contribution < -0.4 is 10.6 Å². The summed E-state index contributed by atoms with van der Waals surface area (Å²) in [5, 5.41) is 7.46. The summed E-state index contributed by atoms with van der Waals surface area (Å²) < 4.78 is 5.51. The van der Waals surface area contributed by atoms with Crippen molar-refractivity contribution in [3.05, 3.63) is 5.82 Å².